The van der Waals surface area contributed by atoms with E-state index in [4.69, 9.17) is 4.74 Å². The molecule has 3 heterocycles. The second-order valence-electron chi connectivity index (χ2n) is 8.33. The van der Waals surface area contributed by atoms with Gasteiger partial charge in [0, 0.05) is 19.5 Å². The lowest BCUT2D eigenvalue weighted by Gasteiger charge is -2.24. The molecule has 5 rings (SSSR count). The number of aromatic amines is 2. The van der Waals surface area contributed by atoms with Gasteiger partial charge in [0.25, 0.3) is 5.56 Å². The van der Waals surface area contributed by atoms with Crippen molar-refractivity contribution in [1.82, 2.24) is 19.5 Å². The molecule has 2 aromatic heterocycles. The topological polar surface area (TPSA) is 136 Å². The number of imidazole rings is 1. The van der Waals surface area contributed by atoms with Crippen LogP contribution >= 0.6 is 0 Å². The summed E-state index contributed by atoms with van der Waals surface area (Å²) in [6.45, 7) is 0.574. The van der Waals surface area contributed by atoms with Crippen LogP contribution in [0.25, 0.3) is 11.2 Å². The van der Waals surface area contributed by atoms with Crippen LogP contribution < -0.4 is 16.1 Å². The molecule has 2 aromatic carbocycles. The van der Waals surface area contributed by atoms with Gasteiger partial charge in [-0.25, -0.2) is 9.36 Å². The molecule has 1 aliphatic heterocycles. The third-order valence-corrected chi connectivity index (χ3v) is 5.97. The minimum atomic E-state index is -0.930. The predicted molar refractivity (Wildman–Crippen MR) is 125 cm³/mol. The molecule has 0 spiro atoms. The average molecular weight is 463 g/mol. The number of aromatic nitrogens is 4. The molecule has 1 aliphatic rings. The molecule has 10 heteroatoms. The molecule has 34 heavy (non-hydrogen) atoms. The zero-order valence-electron chi connectivity index (χ0n) is 18.3. The van der Waals surface area contributed by atoms with Crippen molar-refractivity contribution in [3.63, 3.8) is 0 Å². The number of benzene rings is 2. The summed E-state index contributed by atoms with van der Waals surface area (Å²) in [4.78, 5) is 37.6. The van der Waals surface area contributed by atoms with E-state index >= 15 is 0 Å². The number of hydrogen-bond donors (Lipinski definition) is 4. The SMILES string of the molecule is O=c1[nH]c(N(Cc2ccccc2)Cc2ccccc2)nc2c1[nH]c(=O)n2[C@H]1C[C@H](O)[C@@H](CO)O1. The molecule has 0 unspecified atom stereocenters. The number of rotatable bonds is 7. The molecule has 0 radical (unpaired) electrons. The van der Waals surface area contributed by atoms with Crippen molar-refractivity contribution < 1.29 is 14.9 Å². The third kappa shape index (κ3) is 4.26. The van der Waals surface area contributed by atoms with E-state index in [0.717, 1.165) is 11.1 Å². The number of anilines is 1. The first-order chi connectivity index (χ1) is 16.5. The van der Waals surface area contributed by atoms with Crippen LogP contribution in [0.3, 0.4) is 0 Å². The third-order valence-electron chi connectivity index (χ3n) is 5.97. The Bertz CT molecular complexity index is 1340. The fraction of sp³-hybridized carbons (Fsp3) is 0.292. The minimum Gasteiger partial charge on any atom is -0.394 e. The monoisotopic (exact) mass is 463 g/mol. The number of fused-ring (bicyclic) bond motifs is 1. The van der Waals surface area contributed by atoms with Crippen molar-refractivity contribution in [3.8, 4) is 0 Å². The van der Waals surface area contributed by atoms with Gasteiger partial charge in [-0.3, -0.25) is 14.8 Å². The predicted octanol–water partition coefficient (Wildman–Crippen LogP) is 1.26. The van der Waals surface area contributed by atoms with Crippen molar-refractivity contribution in [2.75, 3.05) is 11.5 Å². The largest absolute Gasteiger partial charge is 0.394 e. The fourth-order valence-corrected chi connectivity index (χ4v) is 4.27. The highest BCUT2D eigenvalue weighted by Crippen LogP contribution is 2.29. The van der Waals surface area contributed by atoms with E-state index in [-0.39, 0.29) is 24.2 Å². The molecule has 4 aromatic rings. The molecule has 0 bridgehead atoms. The molecule has 0 saturated carbocycles. The lowest BCUT2D eigenvalue weighted by Crippen LogP contribution is -2.27. The molecular formula is C24H25N5O5. The van der Waals surface area contributed by atoms with Gasteiger partial charge in [0.1, 0.15) is 12.3 Å². The smallest absolute Gasteiger partial charge is 0.329 e. The second-order valence-corrected chi connectivity index (χ2v) is 8.33. The Morgan fingerprint density at radius 3 is 2.18 bits per heavy atom. The van der Waals surface area contributed by atoms with Crippen molar-refractivity contribution in [2.24, 2.45) is 0 Å². The van der Waals surface area contributed by atoms with Crippen molar-refractivity contribution >= 4 is 17.1 Å². The summed E-state index contributed by atoms with van der Waals surface area (Å²) >= 11 is 0. The molecule has 176 valence electrons. The zero-order valence-corrected chi connectivity index (χ0v) is 18.3. The Labute approximate surface area is 194 Å². The van der Waals surface area contributed by atoms with Gasteiger partial charge >= 0.3 is 5.69 Å². The number of nitrogens with zero attached hydrogens (tertiary/aromatic N) is 3. The number of H-pyrrole nitrogens is 2. The van der Waals surface area contributed by atoms with E-state index in [9.17, 15) is 19.8 Å². The molecular weight excluding hydrogens is 438 g/mol. The standard InChI is InChI=1S/C24H25N5O5/c30-14-18-17(31)11-19(34-18)29-21-20(25-24(29)33)22(32)27-23(26-21)28(12-15-7-3-1-4-8-15)13-16-9-5-2-6-10-16/h1-10,17-19,30-31H,11-14H2,(H,25,33)(H,26,27,32)/t17-,18+,19+/m0/s1. The Hall–Kier alpha value is -3.73. The summed E-state index contributed by atoms with van der Waals surface area (Å²) < 4.78 is 6.90. The fourth-order valence-electron chi connectivity index (χ4n) is 4.27. The Balaban J connectivity index is 1.58. The van der Waals surface area contributed by atoms with Crippen molar-refractivity contribution in [2.45, 2.75) is 37.9 Å². The molecule has 10 nitrogen and oxygen atoms in total. The molecule has 0 amide bonds. The maximum atomic E-state index is 12.9. The second kappa shape index (κ2) is 9.26. The van der Waals surface area contributed by atoms with Gasteiger partial charge in [0.05, 0.1) is 12.7 Å². The first kappa shape index (κ1) is 22.1. The molecule has 0 aliphatic carbocycles. The van der Waals surface area contributed by atoms with E-state index in [1.165, 1.54) is 4.57 Å². The first-order valence-corrected chi connectivity index (χ1v) is 11.0. The van der Waals surface area contributed by atoms with Crippen LogP contribution in [0.1, 0.15) is 23.8 Å². The normalized spacial score (nSPS) is 20.1. The van der Waals surface area contributed by atoms with Gasteiger partial charge in [-0.15, -0.1) is 0 Å². The van der Waals surface area contributed by atoms with Crippen LogP contribution in [0.2, 0.25) is 0 Å². The highest BCUT2D eigenvalue weighted by Gasteiger charge is 2.36. The summed E-state index contributed by atoms with van der Waals surface area (Å²) in [6.07, 6.45) is -2.50. The van der Waals surface area contributed by atoms with Gasteiger partial charge < -0.3 is 19.8 Å². The maximum absolute atomic E-state index is 12.9. The summed E-state index contributed by atoms with van der Waals surface area (Å²) in [5.74, 6) is 0.301. The van der Waals surface area contributed by atoms with Gasteiger partial charge in [-0.05, 0) is 11.1 Å². The number of nitrogens with one attached hydrogen (secondary N) is 2. The summed E-state index contributed by atoms with van der Waals surface area (Å²) in [5.41, 5.74) is 1.16. The van der Waals surface area contributed by atoms with Crippen LogP contribution in [0.5, 0.6) is 0 Å². The van der Waals surface area contributed by atoms with Gasteiger partial charge in [-0.1, -0.05) is 60.7 Å². The number of hydrogen-bond acceptors (Lipinski definition) is 7. The van der Waals surface area contributed by atoms with Crippen LogP contribution in [-0.4, -0.2) is 48.5 Å². The zero-order chi connectivity index (χ0) is 23.7. The van der Waals surface area contributed by atoms with Crippen molar-refractivity contribution in [1.29, 1.82) is 0 Å². The first-order valence-electron chi connectivity index (χ1n) is 11.0. The summed E-state index contributed by atoms with van der Waals surface area (Å²) in [5, 5.41) is 19.6. The van der Waals surface area contributed by atoms with Gasteiger partial charge in [0.2, 0.25) is 5.95 Å². The lowest BCUT2D eigenvalue weighted by molar-refractivity contribution is -0.0441. The maximum Gasteiger partial charge on any atom is 0.329 e. The van der Waals surface area contributed by atoms with E-state index in [1.54, 1.807) is 0 Å². The van der Waals surface area contributed by atoms with E-state index < -0.39 is 29.7 Å². The Morgan fingerprint density at radius 1 is 1.00 bits per heavy atom. The number of aliphatic hydroxyl groups is 2. The highest BCUT2D eigenvalue weighted by atomic mass is 16.5. The molecule has 1 fully saturated rings. The van der Waals surface area contributed by atoms with Gasteiger partial charge in [0.15, 0.2) is 11.2 Å². The lowest BCUT2D eigenvalue weighted by atomic mass is 10.2. The van der Waals surface area contributed by atoms with E-state index in [2.05, 4.69) is 15.0 Å². The minimum absolute atomic E-state index is 0.0265. The molecule has 4 N–H and O–H groups in total. The number of ether oxygens (including phenoxy) is 1. The Kier molecular flexibility index (Phi) is 6.01. The van der Waals surface area contributed by atoms with Crippen LogP contribution in [-0.2, 0) is 17.8 Å². The molecule has 1 saturated heterocycles. The summed E-state index contributed by atoms with van der Waals surface area (Å²) in [7, 11) is 0. The van der Waals surface area contributed by atoms with E-state index in [1.807, 2.05) is 65.6 Å². The van der Waals surface area contributed by atoms with E-state index in [0.29, 0.717) is 19.0 Å². The van der Waals surface area contributed by atoms with Crippen LogP contribution in [0, 0.1) is 0 Å². The number of aliphatic hydroxyl groups excluding tert-OH is 2. The Morgan fingerprint density at radius 2 is 1.62 bits per heavy atom. The van der Waals surface area contributed by atoms with Crippen molar-refractivity contribution in [3.05, 3.63) is 92.6 Å². The highest BCUT2D eigenvalue weighted by molar-refractivity contribution is 5.71. The molecule has 3 atom stereocenters. The average Bonchev–Trinajstić information content (AvgIpc) is 3.38. The van der Waals surface area contributed by atoms with Crippen LogP contribution in [0.4, 0.5) is 5.95 Å². The summed E-state index contributed by atoms with van der Waals surface area (Å²) in [6, 6.07) is 19.6. The van der Waals surface area contributed by atoms with Crippen LogP contribution in [0.15, 0.2) is 70.3 Å². The van der Waals surface area contributed by atoms with Gasteiger partial charge in [-0.2, -0.15) is 4.98 Å². The quantitative estimate of drug-likeness (QED) is 0.324.